The normalized spacial score (nSPS) is 10.8. The van der Waals surface area contributed by atoms with Gasteiger partial charge in [-0.1, -0.05) is 11.6 Å². The van der Waals surface area contributed by atoms with Crippen molar-refractivity contribution in [3.8, 4) is 5.75 Å². The third-order valence-corrected chi connectivity index (χ3v) is 3.68. The fourth-order valence-electron chi connectivity index (χ4n) is 2.13. The number of ether oxygens (including phenoxy) is 2. The molecule has 0 aliphatic carbocycles. The number of halogens is 1. The van der Waals surface area contributed by atoms with Crippen LogP contribution in [0.25, 0.3) is 0 Å². The maximum absolute atomic E-state index is 12.4. The summed E-state index contributed by atoms with van der Waals surface area (Å²) >= 11 is 5.84. The van der Waals surface area contributed by atoms with Crippen LogP contribution in [-0.2, 0) is 9.53 Å². The topological polar surface area (TPSA) is 52.6 Å². The molecule has 4 nitrogen and oxygen atoms in total. The average molecular weight is 385 g/mol. The van der Waals surface area contributed by atoms with Crippen molar-refractivity contribution in [2.75, 3.05) is 0 Å². The Balaban J connectivity index is 0.00000338. The van der Waals surface area contributed by atoms with Crippen molar-refractivity contribution in [2.45, 2.75) is 39.4 Å². The van der Waals surface area contributed by atoms with E-state index in [9.17, 15) is 9.59 Å². The van der Waals surface area contributed by atoms with Crippen LogP contribution in [0.3, 0.4) is 0 Å². The molecule has 0 aliphatic heterocycles. The first kappa shape index (κ1) is 22.7. The predicted octanol–water partition coefficient (Wildman–Crippen LogP) is 4.03. The molecular formula is C20H22ClNaO4. The second-order valence-electron chi connectivity index (χ2n) is 6.43. The Hall–Kier alpha value is -1.33. The Morgan fingerprint density at radius 1 is 0.923 bits per heavy atom. The Labute approximate surface area is 181 Å². The van der Waals surface area contributed by atoms with Crippen LogP contribution in [0.5, 0.6) is 5.75 Å². The number of benzene rings is 2. The fourth-order valence-corrected chi connectivity index (χ4v) is 2.26. The third kappa shape index (κ3) is 6.13. The Bertz CT molecular complexity index is 752. The molecule has 6 heteroatoms. The third-order valence-electron chi connectivity index (χ3n) is 3.43. The molecule has 2 aromatic carbocycles. The van der Waals surface area contributed by atoms with Gasteiger partial charge in [0.05, 0.1) is 6.10 Å². The van der Waals surface area contributed by atoms with E-state index in [2.05, 4.69) is 0 Å². The van der Waals surface area contributed by atoms with Gasteiger partial charge in [0, 0.05) is 16.1 Å². The summed E-state index contributed by atoms with van der Waals surface area (Å²) in [6.07, 6.45) is -0.213. The van der Waals surface area contributed by atoms with Gasteiger partial charge in [0.1, 0.15) is 5.75 Å². The summed E-state index contributed by atoms with van der Waals surface area (Å²) in [7, 11) is 0. The van der Waals surface area contributed by atoms with E-state index >= 15 is 0 Å². The monoisotopic (exact) mass is 384 g/mol. The van der Waals surface area contributed by atoms with E-state index in [0.29, 0.717) is 21.9 Å². The zero-order valence-electron chi connectivity index (χ0n) is 14.7. The van der Waals surface area contributed by atoms with Crippen LogP contribution in [0, 0.1) is 0 Å². The summed E-state index contributed by atoms with van der Waals surface area (Å²) < 4.78 is 10.9. The van der Waals surface area contributed by atoms with Gasteiger partial charge in [0.25, 0.3) is 0 Å². The number of carbonyl (C=O) groups excluding carboxylic acids is 2. The van der Waals surface area contributed by atoms with Crippen LogP contribution >= 0.6 is 11.6 Å². The standard InChI is InChI=1S/C20H21ClO4.Na.H/c1-13(2)24-19(23)20(3,4)25-17-11-7-15(8-12-17)18(22)14-5-9-16(21)10-6-14;;/h5-13H,1-4H3;;. The van der Waals surface area contributed by atoms with Crippen molar-refractivity contribution in [2.24, 2.45) is 0 Å². The molecule has 0 amide bonds. The van der Waals surface area contributed by atoms with Crippen LogP contribution < -0.4 is 4.74 Å². The Morgan fingerprint density at radius 3 is 1.85 bits per heavy atom. The van der Waals surface area contributed by atoms with E-state index in [1.165, 1.54) is 0 Å². The van der Waals surface area contributed by atoms with Crippen molar-refractivity contribution < 1.29 is 19.1 Å². The van der Waals surface area contributed by atoms with E-state index in [4.69, 9.17) is 21.1 Å². The molecule has 0 aromatic heterocycles. The number of carbonyl (C=O) groups is 2. The minimum absolute atomic E-state index is 0. The fraction of sp³-hybridized carbons (Fsp3) is 0.300. The molecule has 0 atom stereocenters. The number of hydrogen-bond donors (Lipinski definition) is 0. The van der Waals surface area contributed by atoms with Crippen molar-refractivity contribution in [3.63, 3.8) is 0 Å². The van der Waals surface area contributed by atoms with Crippen molar-refractivity contribution >= 4 is 52.9 Å². The molecular weight excluding hydrogens is 363 g/mol. The van der Waals surface area contributed by atoms with Gasteiger partial charge in [-0.25, -0.2) is 4.79 Å². The van der Waals surface area contributed by atoms with Gasteiger partial charge < -0.3 is 9.47 Å². The first-order valence-electron chi connectivity index (χ1n) is 7.99. The number of ketones is 1. The van der Waals surface area contributed by atoms with Crippen molar-refractivity contribution in [3.05, 3.63) is 64.7 Å². The maximum atomic E-state index is 12.4. The minimum atomic E-state index is -1.12. The molecule has 0 radical (unpaired) electrons. The number of hydrogen-bond acceptors (Lipinski definition) is 4. The van der Waals surface area contributed by atoms with Gasteiger partial charge in [-0.2, -0.15) is 0 Å². The quantitative estimate of drug-likeness (QED) is 0.428. The Morgan fingerprint density at radius 2 is 1.38 bits per heavy atom. The van der Waals surface area contributed by atoms with Gasteiger partial charge in [-0.3, -0.25) is 4.79 Å². The van der Waals surface area contributed by atoms with Crippen molar-refractivity contribution in [1.82, 2.24) is 0 Å². The van der Waals surface area contributed by atoms with Gasteiger partial charge in [-0.15, -0.1) is 0 Å². The summed E-state index contributed by atoms with van der Waals surface area (Å²) in [5, 5.41) is 0.579. The first-order chi connectivity index (χ1) is 11.7. The van der Waals surface area contributed by atoms with E-state index in [1.807, 2.05) is 0 Å². The second-order valence-corrected chi connectivity index (χ2v) is 6.86. The van der Waals surface area contributed by atoms with Crippen LogP contribution in [-0.4, -0.2) is 53.0 Å². The molecule has 2 rings (SSSR count). The molecule has 0 aliphatic rings. The van der Waals surface area contributed by atoms with E-state index in [0.717, 1.165) is 0 Å². The van der Waals surface area contributed by atoms with Crippen LogP contribution in [0.4, 0.5) is 0 Å². The molecule has 134 valence electrons. The van der Waals surface area contributed by atoms with Crippen LogP contribution in [0.15, 0.2) is 48.5 Å². The van der Waals surface area contributed by atoms with Gasteiger partial charge in [-0.05, 0) is 76.2 Å². The van der Waals surface area contributed by atoms with Gasteiger partial charge >= 0.3 is 35.5 Å². The van der Waals surface area contributed by atoms with Crippen LogP contribution in [0.1, 0.15) is 43.6 Å². The number of rotatable bonds is 6. The summed E-state index contributed by atoms with van der Waals surface area (Å²) in [5.41, 5.74) is -0.0393. The van der Waals surface area contributed by atoms with Gasteiger partial charge in [0.15, 0.2) is 11.4 Å². The molecule has 0 bridgehead atoms. The van der Waals surface area contributed by atoms with E-state index in [-0.39, 0.29) is 41.4 Å². The SMILES string of the molecule is CC(C)OC(=O)C(C)(C)Oc1ccc(C(=O)c2ccc(Cl)cc2)cc1.[NaH]. The molecule has 0 unspecified atom stereocenters. The predicted molar refractivity (Wildman–Crippen MR) is 104 cm³/mol. The average Bonchev–Trinajstić information content (AvgIpc) is 2.54. The molecule has 0 spiro atoms. The first-order valence-corrected chi connectivity index (χ1v) is 8.37. The molecule has 0 saturated heterocycles. The zero-order valence-corrected chi connectivity index (χ0v) is 15.5. The summed E-state index contributed by atoms with van der Waals surface area (Å²) in [6.45, 7) is 6.85. The molecule has 26 heavy (non-hydrogen) atoms. The second kappa shape index (κ2) is 9.56. The molecule has 0 N–H and O–H groups in total. The molecule has 0 fully saturated rings. The van der Waals surface area contributed by atoms with E-state index < -0.39 is 11.6 Å². The van der Waals surface area contributed by atoms with Crippen molar-refractivity contribution in [1.29, 1.82) is 0 Å². The Kier molecular flexibility index (Phi) is 8.35. The molecule has 2 aromatic rings. The van der Waals surface area contributed by atoms with E-state index in [1.54, 1.807) is 76.2 Å². The molecule has 0 heterocycles. The summed E-state index contributed by atoms with van der Waals surface area (Å²) in [4.78, 5) is 24.5. The van der Waals surface area contributed by atoms with Crippen LogP contribution in [0.2, 0.25) is 5.02 Å². The van der Waals surface area contributed by atoms with Gasteiger partial charge in [0.2, 0.25) is 0 Å². The molecule has 0 saturated carbocycles. The summed E-state index contributed by atoms with van der Waals surface area (Å²) in [5.74, 6) is -0.0659. The summed E-state index contributed by atoms with van der Waals surface area (Å²) in [6, 6.07) is 13.4. The number of esters is 1. The zero-order chi connectivity index (χ0) is 18.6.